The van der Waals surface area contributed by atoms with Crippen LogP contribution in [0.5, 0.6) is 5.75 Å². The van der Waals surface area contributed by atoms with Gasteiger partial charge in [-0.1, -0.05) is 0 Å². The Kier molecular flexibility index (Phi) is 6.16. The van der Waals surface area contributed by atoms with Crippen molar-refractivity contribution >= 4 is 32.5 Å². The Hall–Kier alpha value is -3.13. The third kappa shape index (κ3) is 4.34. The second-order valence-corrected chi connectivity index (χ2v) is 10.2. The number of nitrogens with one attached hydrogen (secondary N) is 2. The van der Waals surface area contributed by atoms with Crippen LogP contribution in [-0.4, -0.2) is 65.4 Å². The van der Waals surface area contributed by atoms with Crippen LogP contribution in [0.1, 0.15) is 6.42 Å². The summed E-state index contributed by atoms with van der Waals surface area (Å²) < 4.78 is 49.2. The van der Waals surface area contributed by atoms with Crippen molar-refractivity contribution in [1.82, 2.24) is 28.4 Å². The van der Waals surface area contributed by atoms with E-state index in [9.17, 15) is 12.8 Å². The molecule has 178 valence electrons. The zero-order valence-corrected chi connectivity index (χ0v) is 19.9. The van der Waals surface area contributed by atoms with Crippen LogP contribution in [0, 0.1) is 5.82 Å². The highest BCUT2D eigenvalue weighted by Crippen LogP contribution is 2.35. The first-order valence-electron chi connectivity index (χ1n) is 10.6. The Bertz CT molecular complexity index is 1440. The van der Waals surface area contributed by atoms with Crippen LogP contribution in [0.25, 0.3) is 27.6 Å². The molecule has 0 radical (unpaired) electrons. The van der Waals surface area contributed by atoms with Gasteiger partial charge in [0.25, 0.3) is 10.2 Å². The van der Waals surface area contributed by atoms with E-state index in [4.69, 9.17) is 9.72 Å². The van der Waals surface area contributed by atoms with E-state index in [0.717, 1.165) is 17.1 Å². The van der Waals surface area contributed by atoms with E-state index in [0.29, 0.717) is 49.1 Å². The number of benzene rings is 1. The van der Waals surface area contributed by atoms with Gasteiger partial charge in [-0.3, -0.25) is 4.40 Å². The van der Waals surface area contributed by atoms with Crippen molar-refractivity contribution in [3.05, 3.63) is 47.9 Å². The Labute approximate surface area is 199 Å². The van der Waals surface area contributed by atoms with Gasteiger partial charge in [-0.15, -0.1) is 11.3 Å². The SMILES string of the molecule is COc1cc(-c2nc3sccn3c2-c2ccnc(NCCN3CCCNS3(=O)=O)n2)ccc1F. The number of halogens is 1. The molecule has 5 rings (SSSR count). The standard InChI is InChI=1S/C21H22FN7O3S2/c1-32-17-13-14(3-4-15(17)22)18-19(29-11-12-33-21(29)27-18)16-5-7-23-20(26-16)24-8-10-28-9-2-6-25-34(28,30)31/h3-5,7,11-13,25H,2,6,8-10H2,1H3,(H,23,24,26). The van der Waals surface area contributed by atoms with Crippen LogP contribution >= 0.6 is 11.3 Å². The molecule has 0 bridgehead atoms. The molecule has 0 spiro atoms. The third-order valence-corrected chi connectivity index (χ3v) is 7.81. The van der Waals surface area contributed by atoms with Crippen molar-refractivity contribution in [3.63, 3.8) is 0 Å². The van der Waals surface area contributed by atoms with Gasteiger partial charge in [0.1, 0.15) is 5.69 Å². The summed E-state index contributed by atoms with van der Waals surface area (Å²) in [6.07, 6.45) is 4.29. The number of hydrogen-bond donors (Lipinski definition) is 2. The summed E-state index contributed by atoms with van der Waals surface area (Å²) in [6, 6.07) is 6.39. The second kappa shape index (κ2) is 9.25. The molecule has 10 nitrogen and oxygen atoms in total. The van der Waals surface area contributed by atoms with Crippen molar-refractivity contribution in [3.8, 4) is 28.4 Å². The number of imidazole rings is 1. The predicted molar refractivity (Wildman–Crippen MR) is 128 cm³/mol. The monoisotopic (exact) mass is 503 g/mol. The lowest BCUT2D eigenvalue weighted by atomic mass is 10.1. The number of hydrogen-bond acceptors (Lipinski definition) is 8. The molecular weight excluding hydrogens is 481 g/mol. The number of nitrogens with zero attached hydrogens (tertiary/aromatic N) is 5. The third-order valence-electron chi connectivity index (χ3n) is 5.44. The Morgan fingerprint density at radius 3 is 3.00 bits per heavy atom. The second-order valence-electron chi connectivity index (χ2n) is 7.56. The quantitative estimate of drug-likeness (QED) is 0.399. The Balaban J connectivity index is 1.44. The summed E-state index contributed by atoms with van der Waals surface area (Å²) in [6.45, 7) is 1.59. The smallest absolute Gasteiger partial charge is 0.279 e. The fourth-order valence-electron chi connectivity index (χ4n) is 3.81. The summed E-state index contributed by atoms with van der Waals surface area (Å²) in [5.41, 5.74) is 2.69. The number of aromatic nitrogens is 4. The van der Waals surface area contributed by atoms with E-state index in [1.807, 2.05) is 16.0 Å². The van der Waals surface area contributed by atoms with Gasteiger partial charge in [0.15, 0.2) is 16.5 Å². The minimum absolute atomic E-state index is 0.131. The predicted octanol–water partition coefficient (Wildman–Crippen LogP) is 2.62. The van der Waals surface area contributed by atoms with Crippen LogP contribution < -0.4 is 14.8 Å². The normalized spacial score (nSPS) is 16.1. The molecule has 0 unspecified atom stereocenters. The molecule has 13 heteroatoms. The van der Waals surface area contributed by atoms with E-state index in [2.05, 4.69) is 20.0 Å². The van der Waals surface area contributed by atoms with E-state index in [1.165, 1.54) is 28.8 Å². The average Bonchev–Trinajstić information content (AvgIpc) is 3.42. The maximum atomic E-state index is 14.0. The van der Waals surface area contributed by atoms with E-state index in [1.54, 1.807) is 24.4 Å². The molecule has 4 heterocycles. The zero-order valence-electron chi connectivity index (χ0n) is 18.2. The molecule has 3 aromatic heterocycles. The summed E-state index contributed by atoms with van der Waals surface area (Å²) in [7, 11) is -2.01. The largest absolute Gasteiger partial charge is 0.494 e. The number of methoxy groups -OCH3 is 1. The lowest BCUT2D eigenvalue weighted by molar-refractivity contribution is 0.383. The van der Waals surface area contributed by atoms with Crippen LogP contribution in [0.2, 0.25) is 0 Å². The van der Waals surface area contributed by atoms with Crippen LogP contribution in [0.3, 0.4) is 0 Å². The number of thiazole rings is 1. The molecule has 34 heavy (non-hydrogen) atoms. The number of ether oxygens (including phenoxy) is 1. The zero-order chi connectivity index (χ0) is 23.7. The maximum Gasteiger partial charge on any atom is 0.279 e. The van der Waals surface area contributed by atoms with Gasteiger partial charge >= 0.3 is 0 Å². The molecule has 0 aliphatic carbocycles. The molecule has 1 saturated heterocycles. The summed E-state index contributed by atoms with van der Waals surface area (Å²) in [4.78, 5) is 14.4. The lowest BCUT2D eigenvalue weighted by Crippen LogP contribution is -2.48. The van der Waals surface area contributed by atoms with Gasteiger partial charge in [0.05, 0.1) is 18.5 Å². The minimum atomic E-state index is -3.43. The van der Waals surface area contributed by atoms with Crippen LogP contribution in [-0.2, 0) is 10.2 Å². The fraction of sp³-hybridized carbons (Fsp3) is 0.286. The number of anilines is 1. The minimum Gasteiger partial charge on any atom is -0.494 e. The van der Waals surface area contributed by atoms with Crippen molar-refractivity contribution in [2.75, 3.05) is 38.6 Å². The molecular formula is C21H22FN7O3S2. The molecule has 1 aliphatic heterocycles. The van der Waals surface area contributed by atoms with Gasteiger partial charge in [-0.25, -0.2) is 24.1 Å². The average molecular weight is 504 g/mol. The van der Waals surface area contributed by atoms with Crippen molar-refractivity contribution < 1.29 is 17.5 Å². The van der Waals surface area contributed by atoms with Crippen molar-refractivity contribution in [2.24, 2.45) is 0 Å². The van der Waals surface area contributed by atoms with E-state index >= 15 is 0 Å². The first-order chi connectivity index (χ1) is 16.5. The van der Waals surface area contributed by atoms with Crippen molar-refractivity contribution in [2.45, 2.75) is 6.42 Å². The van der Waals surface area contributed by atoms with Crippen LogP contribution in [0.15, 0.2) is 42.0 Å². The lowest BCUT2D eigenvalue weighted by Gasteiger charge is -2.26. The summed E-state index contributed by atoms with van der Waals surface area (Å²) >= 11 is 1.48. The molecule has 0 atom stereocenters. The molecule has 2 N–H and O–H groups in total. The van der Waals surface area contributed by atoms with Crippen molar-refractivity contribution in [1.29, 1.82) is 0 Å². The van der Waals surface area contributed by atoms with Gasteiger partial charge in [-0.05, 0) is 30.7 Å². The molecule has 0 amide bonds. The number of fused-ring (bicyclic) bond motifs is 1. The number of rotatable bonds is 7. The molecule has 1 aromatic carbocycles. The highest BCUT2D eigenvalue weighted by Gasteiger charge is 2.25. The Morgan fingerprint density at radius 1 is 1.29 bits per heavy atom. The maximum absolute atomic E-state index is 14.0. The summed E-state index contributed by atoms with van der Waals surface area (Å²) in [5.74, 6) is 0.0490. The fourth-order valence-corrected chi connectivity index (χ4v) is 5.81. The molecule has 1 aliphatic rings. The van der Waals surface area contributed by atoms with Gasteiger partial charge in [-0.2, -0.15) is 12.7 Å². The summed E-state index contributed by atoms with van der Waals surface area (Å²) in [5, 5.41) is 5.03. The molecule has 4 aromatic rings. The van der Waals surface area contributed by atoms with Gasteiger partial charge < -0.3 is 10.1 Å². The highest BCUT2D eigenvalue weighted by molar-refractivity contribution is 7.87. The van der Waals surface area contributed by atoms with E-state index in [-0.39, 0.29) is 5.75 Å². The molecule has 1 fully saturated rings. The van der Waals surface area contributed by atoms with E-state index < -0.39 is 16.0 Å². The first-order valence-corrected chi connectivity index (χ1v) is 12.9. The van der Waals surface area contributed by atoms with Gasteiger partial charge in [0, 0.05) is 49.5 Å². The van der Waals surface area contributed by atoms with Crippen LogP contribution in [0.4, 0.5) is 10.3 Å². The first kappa shape index (κ1) is 22.7. The van der Waals surface area contributed by atoms with Gasteiger partial charge in [0.2, 0.25) is 5.95 Å². The Morgan fingerprint density at radius 2 is 2.18 bits per heavy atom. The topological polar surface area (TPSA) is 114 Å². The molecule has 0 saturated carbocycles. The highest BCUT2D eigenvalue weighted by atomic mass is 32.2.